The minimum Gasteiger partial charge on any atom is -0.425 e. The van der Waals surface area contributed by atoms with Crippen LogP contribution in [0.15, 0.2) is 30.3 Å². The van der Waals surface area contributed by atoms with Gasteiger partial charge in [0.05, 0.1) is 0 Å². The van der Waals surface area contributed by atoms with E-state index in [1.165, 1.54) is 12.1 Å². The van der Waals surface area contributed by atoms with Gasteiger partial charge in [0.1, 0.15) is 5.75 Å². The number of amides is 1. The summed E-state index contributed by atoms with van der Waals surface area (Å²) in [6, 6.07) is 7.33. The van der Waals surface area contributed by atoms with Crippen LogP contribution in [-0.4, -0.2) is 31.1 Å². The van der Waals surface area contributed by atoms with Gasteiger partial charge in [-0.05, 0) is 37.6 Å². The topological polar surface area (TPSA) is 50.4 Å². The van der Waals surface area contributed by atoms with E-state index in [0.29, 0.717) is 19.5 Å². The highest BCUT2D eigenvalue weighted by Gasteiger charge is 2.43. The first-order chi connectivity index (χ1) is 9.49. The molecule has 1 aromatic rings. The third-order valence-electron chi connectivity index (χ3n) is 3.36. The Labute approximate surface area is 116 Å². The van der Waals surface area contributed by atoms with Crippen molar-refractivity contribution in [3.8, 4) is 5.75 Å². The molecule has 1 aliphatic heterocycles. The second-order valence-electron chi connectivity index (χ2n) is 4.98. The van der Waals surface area contributed by atoms with E-state index >= 15 is 0 Å². The molecule has 110 valence electrons. The van der Waals surface area contributed by atoms with Gasteiger partial charge in [0.2, 0.25) is 0 Å². The molecule has 1 aromatic carbocycles. The summed E-state index contributed by atoms with van der Waals surface area (Å²) in [5.74, 6) is -1.31. The number of nitrogens with one attached hydrogen (secondary N) is 2. The fourth-order valence-electron chi connectivity index (χ4n) is 2.16. The zero-order valence-electron chi connectivity index (χ0n) is 11.2. The molecule has 1 aliphatic rings. The molecule has 1 amide bonds. The van der Waals surface area contributed by atoms with Crippen molar-refractivity contribution in [2.24, 2.45) is 5.92 Å². The Hall–Kier alpha value is -1.69. The van der Waals surface area contributed by atoms with Gasteiger partial charge in [0.25, 0.3) is 0 Å². The molecule has 0 unspecified atom stereocenters. The molecule has 4 nitrogen and oxygen atoms in total. The van der Waals surface area contributed by atoms with Crippen LogP contribution in [0.5, 0.6) is 5.75 Å². The first kappa shape index (κ1) is 14.7. The Morgan fingerprint density at radius 2 is 2.10 bits per heavy atom. The predicted molar refractivity (Wildman–Crippen MR) is 70.6 cm³/mol. The highest BCUT2D eigenvalue weighted by Crippen LogP contribution is 2.22. The van der Waals surface area contributed by atoms with Crippen molar-refractivity contribution in [3.63, 3.8) is 0 Å². The van der Waals surface area contributed by atoms with Crippen LogP contribution >= 0.6 is 0 Å². The lowest BCUT2D eigenvalue weighted by molar-refractivity contribution is -0.194. The quantitative estimate of drug-likeness (QED) is 0.886. The smallest absolute Gasteiger partial charge is 0.425 e. The van der Waals surface area contributed by atoms with Crippen LogP contribution in [0, 0.1) is 5.92 Å². The van der Waals surface area contributed by atoms with E-state index < -0.39 is 12.0 Å². The predicted octanol–water partition coefficient (Wildman–Crippen LogP) is 1.77. The van der Waals surface area contributed by atoms with Crippen molar-refractivity contribution in [3.05, 3.63) is 30.3 Å². The molecule has 0 saturated carbocycles. The van der Waals surface area contributed by atoms with Crippen molar-refractivity contribution < 1.29 is 18.3 Å². The molecule has 0 aliphatic carbocycles. The van der Waals surface area contributed by atoms with E-state index in [1.807, 2.05) is 6.92 Å². The van der Waals surface area contributed by atoms with Gasteiger partial charge >= 0.3 is 12.0 Å². The summed E-state index contributed by atoms with van der Waals surface area (Å²) in [4.78, 5) is 11.7. The van der Waals surface area contributed by atoms with Crippen molar-refractivity contribution in [2.75, 3.05) is 13.1 Å². The highest BCUT2D eigenvalue weighted by molar-refractivity contribution is 5.82. The van der Waals surface area contributed by atoms with Crippen LogP contribution in [0.3, 0.4) is 0 Å². The second-order valence-corrected chi connectivity index (χ2v) is 4.98. The van der Waals surface area contributed by atoms with Gasteiger partial charge in [-0.1, -0.05) is 25.1 Å². The van der Waals surface area contributed by atoms with Crippen molar-refractivity contribution >= 4 is 5.91 Å². The van der Waals surface area contributed by atoms with Gasteiger partial charge in [-0.2, -0.15) is 8.78 Å². The van der Waals surface area contributed by atoms with Crippen LogP contribution in [0.25, 0.3) is 0 Å². The van der Waals surface area contributed by atoms with Gasteiger partial charge < -0.3 is 15.4 Å². The van der Waals surface area contributed by atoms with E-state index in [-0.39, 0.29) is 17.7 Å². The average Bonchev–Trinajstić information content (AvgIpc) is 2.42. The summed E-state index contributed by atoms with van der Waals surface area (Å²) in [5, 5.41) is 5.52. The summed E-state index contributed by atoms with van der Waals surface area (Å²) >= 11 is 0. The molecule has 20 heavy (non-hydrogen) atoms. The van der Waals surface area contributed by atoms with Gasteiger partial charge in [0, 0.05) is 6.04 Å². The fraction of sp³-hybridized carbons (Fsp3) is 0.500. The summed E-state index contributed by atoms with van der Waals surface area (Å²) in [5.41, 5.74) is 0. The Bertz CT molecular complexity index is 454. The Balaban J connectivity index is 1.96. The van der Waals surface area contributed by atoms with E-state index in [9.17, 15) is 13.6 Å². The Morgan fingerprint density at radius 3 is 2.75 bits per heavy atom. The number of carbonyl (C=O) groups excluding carboxylic acids is 1. The number of piperidine rings is 1. The largest absolute Gasteiger partial charge is 0.482 e. The normalized spacial score (nSPS) is 23.1. The first-order valence-corrected chi connectivity index (χ1v) is 6.62. The third-order valence-corrected chi connectivity index (χ3v) is 3.36. The maximum Gasteiger partial charge on any atom is 0.482 e. The van der Waals surface area contributed by atoms with Gasteiger partial charge in [0.15, 0.2) is 0 Å². The molecule has 6 heteroatoms. The molecule has 1 saturated heterocycles. The third kappa shape index (κ3) is 3.66. The van der Waals surface area contributed by atoms with Gasteiger partial charge in [-0.15, -0.1) is 0 Å². The number of carbonyl (C=O) groups is 1. The summed E-state index contributed by atoms with van der Waals surface area (Å²) in [6.07, 6.45) is -3.24. The molecule has 2 rings (SSSR count). The van der Waals surface area contributed by atoms with Crippen LogP contribution in [-0.2, 0) is 4.79 Å². The lowest BCUT2D eigenvalue weighted by Crippen LogP contribution is -2.54. The van der Waals surface area contributed by atoms with Crippen molar-refractivity contribution in [2.45, 2.75) is 25.5 Å². The zero-order chi connectivity index (χ0) is 14.6. The van der Waals surface area contributed by atoms with Gasteiger partial charge in [-0.25, -0.2) is 0 Å². The number of benzene rings is 1. The van der Waals surface area contributed by atoms with Gasteiger partial charge in [-0.3, -0.25) is 4.79 Å². The summed E-state index contributed by atoms with van der Waals surface area (Å²) in [7, 11) is 0. The number of hydrogen-bond acceptors (Lipinski definition) is 3. The molecule has 0 radical (unpaired) electrons. The molecule has 1 heterocycles. The fourth-order valence-corrected chi connectivity index (χ4v) is 2.16. The molecule has 2 atom stereocenters. The lowest BCUT2D eigenvalue weighted by atomic mass is 9.95. The molecule has 0 bridgehead atoms. The van der Waals surface area contributed by atoms with Crippen LogP contribution < -0.4 is 15.4 Å². The van der Waals surface area contributed by atoms with Crippen LogP contribution in [0.1, 0.15) is 13.3 Å². The minimum atomic E-state index is -3.87. The maximum absolute atomic E-state index is 13.7. The maximum atomic E-state index is 13.7. The average molecular weight is 284 g/mol. The number of halogens is 2. The zero-order valence-corrected chi connectivity index (χ0v) is 11.2. The van der Waals surface area contributed by atoms with E-state index in [0.717, 1.165) is 0 Å². The molecule has 2 N–H and O–H groups in total. The SMILES string of the molecule is C[C@H]1CNCC[C@@H]1NC(=O)C(F)(F)Oc1ccccc1. The number of alkyl halides is 2. The summed E-state index contributed by atoms with van der Waals surface area (Å²) < 4.78 is 31.9. The monoisotopic (exact) mass is 284 g/mol. The number of hydrogen-bond donors (Lipinski definition) is 2. The standard InChI is InChI=1S/C14H18F2N2O2/c1-10-9-17-8-7-12(10)18-13(19)14(15,16)20-11-5-3-2-4-6-11/h2-6,10,12,17H,7-9H2,1H3,(H,18,19)/t10-,12-/m0/s1. The summed E-state index contributed by atoms with van der Waals surface area (Å²) in [6.45, 7) is 3.32. The number of para-hydroxylation sites is 1. The van der Waals surface area contributed by atoms with Crippen molar-refractivity contribution in [1.82, 2.24) is 10.6 Å². The molecule has 1 fully saturated rings. The molecule has 0 aromatic heterocycles. The van der Waals surface area contributed by atoms with E-state index in [2.05, 4.69) is 15.4 Å². The number of ether oxygens (including phenoxy) is 1. The first-order valence-electron chi connectivity index (χ1n) is 6.62. The van der Waals surface area contributed by atoms with Crippen molar-refractivity contribution in [1.29, 1.82) is 0 Å². The molecular weight excluding hydrogens is 266 g/mol. The Kier molecular flexibility index (Phi) is 4.54. The number of rotatable bonds is 4. The van der Waals surface area contributed by atoms with E-state index in [4.69, 9.17) is 0 Å². The second kappa shape index (κ2) is 6.17. The van der Waals surface area contributed by atoms with Crippen LogP contribution in [0.4, 0.5) is 8.78 Å². The molecular formula is C14H18F2N2O2. The highest BCUT2D eigenvalue weighted by atomic mass is 19.3. The molecule has 0 spiro atoms. The minimum absolute atomic E-state index is 0.0361. The van der Waals surface area contributed by atoms with Crippen LogP contribution in [0.2, 0.25) is 0 Å². The van der Waals surface area contributed by atoms with E-state index in [1.54, 1.807) is 18.2 Å². The Morgan fingerprint density at radius 1 is 1.40 bits per heavy atom. The lowest BCUT2D eigenvalue weighted by Gasteiger charge is -2.31.